The first kappa shape index (κ1) is 31.2. The quantitative estimate of drug-likeness (QED) is 0.260. The summed E-state index contributed by atoms with van der Waals surface area (Å²) < 4.78 is 28.0. The number of nitrogens with one attached hydrogen (secondary N) is 1. The van der Waals surface area contributed by atoms with Gasteiger partial charge in [-0.15, -0.1) is 0 Å². The molecule has 0 radical (unpaired) electrons. The van der Waals surface area contributed by atoms with E-state index in [4.69, 9.17) is 23.7 Å². The molecule has 0 unspecified atom stereocenters. The number of hydrogen-bond acceptors (Lipinski definition) is 9. The number of carbonyl (C=O) groups excluding carboxylic acids is 2. The summed E-state index contributed by atoms with van der Waals surface area (Å²) in [5.74, 6) is -0.424. The van der Waals surface area contributed by atoms with Crippen molar-refractivity contribution in [1.82, 2.24) is 10.3 Å². The molecule has 2 N–H and O–H groups in total. The average Bonchev–Trinajstić information content (AvgIpc) is 2.98. The van der Waals surface area contributed by atoms with Crippen molar-refractivity contribution in [3.05, 3.63) is 78.1 Å². The summed E-state index contributed by atoms with van der Waals surface area (Å²) >= 11 is 0. The lowest BCUT2D eigenvalue weighted by Crippen LogP contribution is -2.45. The Morgan fingerprint density at radius 2 is 1.63 bits per heavy atom. The number of carbonyl (C=O) groups is 2. The van der Waals surface area contributed by atoms with Crippen LogP contribution >= 0.6 is 0 Å². The fourth-order valence-corrected chi connectivity index (χ4v) is 4.39. The van der Waals surface area contributed by atoms with Gasteiger partial charge >= 0.3 is 5.97 Å². The van der Waals surface area contributed by atoms with Crippen molar-refractivity contribution in [2.24, 2.45) is 5.92 Å². The van der Waals surface area contributed by atoms with Crippen LogP contribution in [0.5, 0.6) is 23.0 Å². The molecule has 3 aromatic rings. The standard InChI is InChI=1S/C31H38N2O8/c1-20(33-30(35)27-28(34)26(39-5)15-17-32-27)31(36)40-21(2)29(41-25-9-7-6-8-10-25)23(16-18-37-3)19-22-11-13-24(38-4)14-12-22/h6-15,17,20-21,23,29,34H,16,18-19H2,1-5H3,(H,33,35)/t20-,21-,23+,29-/m0/s1. The monoisotopic (exact) mass is 566 g/mol. The molecule has 0 aliphatic heterocycles. The van der Waals surface area contributed by atoms with Crippen LogP contribution in [-0.4, -0.2) is 68.2 Å². The average molecular weight is 567 g/mol. The van der Waals surface area contributed by atoms with Crippen molar-refractivity contribution >= 4 is 11.9 Å². The summed E-state index contributed by atoms with van der Waals surface area (Å²) in [5, 5.41) is 12.8. The zero-order chi connectivity index (χ0) is 29.8. The maximum atomic E-state index is 13.1. The van der Waals surface area contributed by atoms with Gasteiger partial charge in [0.15, 0.2) is 17.2 Å². The largest absolute Gasteiger partial charge is 0.503 e. The predicted molar refractivity (Wildman–Crippen MR) is 152 cm³/mol. The highest BCUT2D eigenvalue weighted by Gasteiger charge is 2.33. The van der Waals surface area contributed by atoms with E-state index in [1.54, 1.807) is 21.1 Å². The number of aromatic hydroxyl groups is 1. The molecule has 0 bridgehead atoms. The summed E-state index contributed by atoms with van der Waals surface area (Å²) in [6.45, 7) is 3.75. The van der Waals surface area contributed by atoms with E-state index >= 15 is 0 Å². The fraction of sp³-hybridized carbons (Fsp3) is 0.387. The third-order valence-electron chi connectivity index (χ3n) is 6.62. The van der Waals surface area contributed by atoms with E-state index in [0.717, 1.165) is 11.3 Å². The van der Waals surface area contributed by atoms with Crippen LogP contribution in [0.2, 0.25) is 0 Å². The molecule has 0 aliphatic rings. The summed E-state index contributed by atoms with van der Waals surface area (Å²) in [6.07, 6.45) is 1.39. The highest BCUT2D eigenvalue weighted by Crippen LogP contribution is 2.28. The summed E-state index contributed by atoms with van der Waals surface area (Å²) in [6, 6.07) is 17.5. The van der Waals surface area contributed by atoms with Gasteiger partial charge in [0.25, 0.3) is 5.91 Å². The lowest BCUT2D eigenvalue weighted by Gasteiger charge is -2.33. The minimum absolute atomic E-state index is 0.0887. The van der Waals surface area contributed by atoms with Gasteiger partial charge in [-0.2, -0.15) is 0 Å². The second-order valence-electron chi connectivity index (χ2n) is 9.54. The van der Waals surface area contributed by atoms with Gasteiger partial charge in [-0.1, -0.05) is 30.3 Å². The Labute approximate surface area is 240 Å². The van der Waals surface area contributed by atoms with Crippen LogP contribution in [0.1, 0.15) is 36.3 Å². The maximum Gasteiger partial charge on any atom is 0.328 e. The molecule has 2 aromatic carbocycles. The Bertz CT molecular complexity index is 1250. The summed E-state index contributed by atoms with van der Waals surface area (Å²) in [4.78, 5) is 29.8. The van der Waals surface area contributed by atoms with Gasteiger partial charge in [0, 0.05) is 31.9 Å². The number of hydrogen-bond donors (Lipinski definition) is 2. The fourth-order valence-electron chi connectivity index (χ4n) is 4.39. The molecule has 10 heteroatoms. The first-order chi connectivity index (χ1) is 19.8. The number of esters is 1. The molecule has 4 atom stereocenters. The van der Waals surface area contributed by atoms with E-state index in [1.807, 2.05) is 54.6 Å². The Kier molecular flexibility index (Phi) is 11.8. The van der Waals surface area contributed by atoms with Gasteiger partial charge in [0.05, 0.1) is 14.2 Å². The molecule has 1 aromatic heterocycles. The third-order valence-corrected chi connectivity index (χ3v) is 6.62. The highest BCUT2D eigenvalue weighted by atomic mass is 16.6. The molecule has 41 heavy (non-hydrogen) atoms. The predicted octanol–water partition coefficient (Wildman–Crippen LogP) is 4.20. The van der Waals surface area contributed by atoms with E-state index in [-0.39, 0.29) is 17.4 Å². The van der Waals surface area contributed by atoms with Gasteiger partial charge in [-0.05, 0) is 56.5 Å². The van der Waals surface area contributed by atoms with E-state index < -0.39 is 35.9 Å². The topological polar surface area (TPSA) is 125 Å². The SMILES string of the molecule is COCC[C@H](Cc1ccc(OC)cc1)[C@@H](Oc1ccccc1)[C@H](C)OC(=O)[C@H](C)NC(=O)c1nccc(OC)c1O. The second kappa shape index (κ2) is 15.5. The van der Waals surface area contributed by atoms with E-state index in [0.29, 0.717) is 25.2 Å². The molecule has 3 rings (SSSR count). The molecule has 1 heterocycles. The van der Waals surface area contributed by atoms with Gasteiger partial charge in [0.2, 0.25) is 0 Å². The van der Waals surface area contributed by atoms with Crippen LogP contribution in [0.3, 0.4) is 0 Å². The Morgan fingerprint density at radius 3 is 2.27 bits per heavy atom. The van der Waals surface area contributed by atoms with Crippen molar-refractivity contribution in [1.29, 1.82) is 0 Å². The zero-order valence-corrected chi connectivity index (χ0v) is 24.0. The number of methoxy groups -OCH3 is 3. The van der Waals surface area contributed by atoms with Crippen molar-refractivity contribution in [2.45, 2.75) is 44.9 Å². The number of ether oxygens (including phenoxy) is 5. The van der Waals surface area contributed by atoms with Crippen LogP contribution in [0, 0.1) is 5.92 Å². The number of aromatic nitrogens is 1. The van der Waals surface area contributed by atoms with Gasteiger partial charge in [0.1, 0.15) is 29.7 Å². The van der Waals surface area contributed by atoms with Crippen molar-refractivity contribution < 1.29 is 38.4 Å². The van der Waals surface area contributed by atoms with Crippen LogP contribution in [0.4, 0.5) is 0 Å². The van der Waals surface area contributed by atoms with Crippen LogP contribution in [0.25, 0.3) is 0 Å². The maximum absolute atomic E-state index is 13.1. The first-order valence-corrected chi connectivity index (χ1v) is 13.3. The van der Waals surface area contributed by atoms with Gasteiger partial charge < -0.3 is 34.1 Å². The van der Waals surface area contributed by atoms with E-state index in [9.17, 15) is 14.7 Å². The minimum atomic E-state index is -1.03. The number of benzene rings is 2. The minimum Gasteiger partial charge on any atom is -0.503 e. The van der Waals surface area contributed by atoms with Gasteiger partial charge in [-0.25, -0.2) is 9.78 Å². The Hall–Kier alpha value is -4.31. The Morgan fingerprint density at radius 1 is 0.927 bits per heavy atom. The number of nitrogens with zero attached hydrogens (tertiary/aromatic N) is 1. The Balaban J connectivity index is 1.78. The van der Waals surface area contributed by atoms with E-state index in [1.165, 1.54) is 26.3 Å². The molecule has 0 fully saturated rings. The number of rotatable bonds is 15. The zero-order valence-electron chi connectivity index (χ0n) is 24.0. The molecule has 10 nitrogen and oxygen atoms in total. The molecule has 0 saturated carbocycles. The van der Waals surface area contributed by atoms with Gasteiger partial charge in [-0.3, -0.25) is 4.79 Å². The normalized spacial score (nSPS) is 13.8. The molecule has 220 valence electrons. The van der Waals surface area contributed by atoms with Crippen molar-refractivity contribution in [2.75, 3.05) is 27.9 Å². The summed E-state index contributed by atoms with van der Waals surface area (Å²) in [5.41, 5.74) is 0.805. The number of para-hydroxylation sites is 1. The molecular weight excluding hydrogens is 528 g/mol. The number of amides is 1. The van der Waals surface area contributed by atoms with Crippen LogP contribution < -0.4 is 19.5 Å². The smallest absolute Gasteiger partial charge is 0.328 e. The lowest BCUT2D eigenvalue weighted by atomic mass is 9.88. The highest BCUT2D eigenvalue weighted by molar-refractivity contribution is 5.97. The van der Waals surface area contributed by atoms with Crippen molar-refractivity contribution in [3.63, 3.8) is 0 Å². The first-order valence-electron chi connectivity index (χ1n) is 13.3. The van der Waals surface area contributed by atoms with Crippen LogP contribution in [0.15, 0.2) is 66.9 Å². The molecule has 0 spiro atoms. The molecule has 0 saturated heterocycles. The molecule has 0 aliphatic carbocycles. The number of pyridine rings is 1. The molecular formula is C31H38N2O8. The third kappa shape index (κ3) is 8.84. The molecule has 1 amide bonds. The lowest BCUT2D eigenvalue weighted by molar-refractivity contribution is -0.156. The van der Waals surface area contributed by atoms with Crippen molar-refractivity contribution in [3.8, 4) is 23.0 Å². The second-order valence-corrected chi connectivity index (χ2v) is 9.54. The van der Waals surface area contributed by atoms with E-state index in [2.05, 4.69) is 10.3 Å². The van der Waals surface area contributed by atoms with Crippen LogP contribution in [-0.2, 0) is 20.7 Å². The summed E-state index contributed by atoms with van der Waals surface area (Å²) in [7, 11) is 4.62.